The highest BCUT2D eigenvalue weighted by Crippen LogP contribution is 2.33. The van der Waals surface area contributed by atoms with Crippen molar-refractivity contribution >= 4 is 23.1 Å². The van der Waals surface area contributed by atoms with E-state index < -0.39 is 11.6 Å². The number of para-hydroxylation sites is 1. The molecule has 0 atom stereocenters. The van der Waals surface area contributed by atoms with Gasteiger partial charge in [0.25, 0.3) is 0 Å². The Morgan fingerprint density at radius 2 is 1.65 bits per heavy atom. The van der Waals surface area contributed by atoms with Gasteiger partial charge < -0.3 is 15.2 Å². The third-order valence-corrected chi connectivity index (χ3v) is 3.44. The highest BCUT2D eigenvalue weighted by Gasteiger charge is 2.17. The molecule has 1 amide bonds. The fourth-order valence-electron chi connectivity index (χ4n) is 2.54. The molecule has 0 saturated carbocycles. The van der Waals surface area contributed by atoms with Gasteiger partial charge in [-0.15, -0.1) is 0 Å². The summed E-state index contributed by atoms with van der Waals surface area (Å²) in [4.78, 5) is 22.6. The van der Waals surface area contributed by atoms with E-state index in [-0.39, 0.29) is 5.91 Å². The summed E-state index contributed by atoms with van der Waals surface area (Å²) in [6, 6.07) is 14.4. The number of ether oxygens (including phenoxy) is 1. The number of benzene rings is 2. The van der Waals surface area contributed by atoms with E-state index in [0.29, 0.717) is 17.0 Å². The number of amides is 1. The van der Waals surface area contributed by atoms with Crippen molar-refractivity contribution in [3.05, 3.63) is 65.7 Å². The Bertz CT molecular complexity index is 830. The average molecular weight is 353 g/mol. The first-order chi connectivity index (χ1) is 12.2. The van der Waals surface area contributed by atoms with E-state index in [1.54, 1.807) is 44.2 Å². The molecule has 0 radical (unpaired) electrons. The van der Waals surface area contributed by atoms with Crippen LogP contribution in [-0.2, 0) is 9.59 Å². The monoisotopic (exact) mass is 353 g/mol. The van der Waals surface area contributed by atoms with Crippen molar-refractivity contribution in [3.8, 4) is 5.75 Å². The van der Waals surface area contributed by atoms with Crippen LogP contribution in [0.4, 0.5) is 5.69 Å². The lowest BCUT2D eigenvalue weighted by molar-refractivity contribution is -0.131. The van der Waals surface area contributed by atoms with Gasteiger partial charge in [-0.1, -0.05) is 30.3 Å². The Morgan fingerprint density at radius 1 is 1.04 bits per heavy atom. The molecule has 0 heterocycles. The molecule has 0 aliphatic carbocycles. The minimum atomic E-state index is -1.07. The van der Waals surface area contributed by atoms with Crippen LogP contribution in [0.15, 0.2) is 54.6 Å². The van der Waals surface area contributed by atoms with Gasteiger partial charge in [0, 0.05) is 25.1 Å². The summed E-state index contributed by atoms with van der Waals surface area (Å²) in [6.07, 6.45) is 1.71. The Hall–Kier alpha value is -2.92. The second-order valence-corrected chi connectivity index (χ2v) is 6.56. The van der Waals surface area contributed by atoms with Gasteiger partial charge in [0.2, 0.25) is 5.91 Å². The highest BCUT2D eigenvalue weighted by atomic mass is 16.5. The number of nitrogens with one attached hydrogen (secondary N) is 1. The van der Waals surface area contributed by atoms with Gasteiger partial charge in [0.05, 0.1) is 5.60 Å². The van der Waals surface area contributed by atoms with Crippen LogP contribution in [0.25, 0.3) is 5.57 Å². The van der Waals surface area contributed by atoms with E-state index in [9.17, 15) is 14.7 Å². The molecule has 26 heavy (non-hydrogen) atoms. The molecule has 0 spiro atoms. The first kappa shape index (κ1) is 19.4. The Kier molecular flexibility index (Phi) is 5.95. The number of aliphatic hydroxyl groups is 1. The molecule has 0 aliphatic rings. The molecule has 0 unspecified atom stereocenters. The molecule has 5 nitrogen and oxygen atoms in total. The normalized spacial score (nSPS) is 11.8. The maximum absolute atomic E-state index is 11.4. The molecule has 0 aromatic heterocycles. The molecule has 2 aromatic carbocycles. The van der Waals surface area contributed by atoms with E-state index in [1.165, 1.54) is 13.8 Å². The van der Waals surface area contributed by atoms with Crippen molar-refractivity contribution in [2.24, 2.45) is 0 Å². The molecule has 2 N–H and O–H groups in total. The SMILES string of the molecule is CC(=O)Nc1ccc(/C(=C/C(C)(C)O)c2ccccc2OC(C)=O)cc1. The van der Waals surface area contributed by atoms with E-state index >= 15 is 0 Å². The molecule has 0 bridgehead atoms. The summed E-state index contributed by atoms with van der Waals surface area (Å²) in [6.45, 7) is 6.14. The van der Waals surface area contributed by atoms with E-state index in [0.717, 1.165) is 11.1 Å². The second-order valence-electron chi connectivity index (χ2n) is 6.56. The molecular weight excluding hydrogens is 330 g/mol. The Balaban J connectivity index is 2.54. The molecule has 136 valence electrons. The fraction of sp³-hybridized carbons (Fsp3) is 0.238. The maximum Gasteiger partial charge on any atom is 0.308 e. The number of anilines is 1. The zero-order valence-electron chi connectivity index (χ0n) is 15.4. The molecular formula is C21H23NO4. The molecule has 0 fully saturated rings. The van der Waals surface area contributed by atoms with Crippen LogP contribution in [-0.4, -0.2) is 22.6 Å². The second kappa shape index (κ2) is 7.97. The molecule has 2 rings (SSSR count). The average Bonchev–Trinajstić information content (AvgIpc) is 2.52. The van der Waals surface area contributed by atoms with Crippen LogP contribution >= 0.6 is 0 Å². The van der Waals surface area contributed by atoms with Crippen LogP contribution in [0.2, 0.25) is 0 Å². The lowest BCUT2D eigenvalue weighted by Crippen LogP contribution is -2.15. The van der Waals surface area contributed by atoms with Gasteiger partial charge in [-0.3, -0.25) is 9.59 Å². The minimum Gasteiger partial charge on any atom is -0.426 e. The van der Waals surface area contributed by atoms with Gasteiger partial charge in [-0.2, -0.15) is 0 Å². The summed E-state index contributed by atoms with van der Waals surface area (Å²) in [5.74, 6) is -0.146. The predicted octanol–water partition coefficient (Wildman–Crippen LogP) is 3.77. The summed E-state index contributed by atoms with van der Waals surface area (Å²) in [7, 11) is 0. The number of carbonyl (C=O) groups is 2. The first-order valence-electron chi connectivity index (χ1n) is 8.27. The lowest BCUT2D eigenvalue weighted by Gasteiger charge is -2.18. The summed E-state index contributed by atoms with van der Waals surface area (Å²) < 4.78 is 5.32. The zero-order valence-corrected chi connectivity index (χ0v) is 15.4. The van der Waals surface area contributed by atoms with Gasteiger partial charge >= 0.3 is 5.97 Å². The van der Waals surface area contributed by atoms with Crippen LogP contribution in [0.5, 0.6) is 5.75 Å². The summed E-state index contributed by atoms with van der Waals surface area (Å²) in [5.41, 5.74) is 1.84. The molecule has 0 saturated heterocycles. The highest BCUT2D eigenvalue weighted by molar-refractivity contribution is 5.90. The van der Waals surface area contributed by atoms with Crippen molar-refractivity contribution in [2.75, 3.05) is 5.32 Å². The van der Waals surface area contributed by atoms with Crippen molar-refractivity contribution in [2.45, 2.75) is 33.3 Å². The van der Waals surface area contributed by atoms with Crippen LogP contribution in [0.1, 0.15) is 38.8 Å². The molecule has 2 aromatic rings. The van der Waals surface area contributed by atoms with E-state index in [2.05, 4.69) is 5.32 Å². The fourth-order valence-corrected chi connectivity index (χ4v) is 2.54. The Labute approximate surface area is 153 Å². The lowest BCUT2D eigenvalue weighted by atomic mass is 9.92. The van der Waals surface area contributed by atoms with Gasteiger partial charge in [-0.05, 0) is 49.3 Å². The summed E-state index contributed by atoms with van der Waals surface area (Å²) in [5, 5.41) is 13.0. The summed E-state index contributed by atoms with van der Waals surface area (Å²) >= 11 is 0. The number of rotatable bonds is 5. The van der Waals surface area contributed by atoms with Crippen molar-refractivity contribution in [3.63, 3.8) is 0 Å². The third kappa shape index (κ3) is 5.57. The smallest absolute Gasteiger partial charge is 0.308 e. The quantitative estimate of drug-likeness (QED) is 0.634. The number of carbonyl (C=O) groups excluding carboxylic acids is 2. The third-order valence-electron chi connectivity index (χ3n) is 3.44. The zero-order chi connectivity index (χ0) is 19.3. The van der Waals surface area contributed by atoms with Crippen LogP contribution in [0, 0.1) is 0 Å². The van der Waals surface area contributed by atoms with Crippen LogP contribution < -0.4 is 10.1 Å². The standard InChI is InChI=1S/C21H23NO4/c1-14(23)22-17-11-9-16(10-12-17)19(13-21(3,4)25)18-7-5-6-8-20(18)26-15(2)24/h5-13,25H,1-4H3,(H,22,23)/b19-13-. The topological polar surface area (TPSA) is 75.6 Å². The number of hydrogen-bond donors (Lipinski definition) is 2. The first-order valence-corrected chi connectivity index (χ1v) is 8.27. The van der Waals surface area contributed by atoms with Gasteiger partial charge in [0.1, 0.15) is 5.75 Å². The largest absolute Gasteiger partial charge is 0.426 e. The minimum absolute atomic E-state index is 0.148. The number of esters is 1. The predicted molar refractivity (Wildman–Crippen MR) is 102 cm³/mol. The molecule has 0 aliphatic heterocycles. The van der Waals surface area contributed by atoms with Gasteiger partial charge in [-0.25, -0.2) is 0 Å². The van der Waals surface area contributed by atoms with Gasteiger partial charge in [0.15, 0.2) is 0 Å². The number of hydrogen-bond acceptors (Lipinski definition) is 4. The molecule has 5 heteroatoms. The van der Waals surface area contributed by atoms with E-state index in [4.69, 9.17) is 4.74 Å². The Morgan fingerprint density at radius 3 is 2.19 bits per heavy atom. The van der Waals surface area contributed by atoms with Crippen molar-refractivity contribution < 1.29 is 19.4 Å². The van der Waals surface area contributed by atoms with Crippen molar-refractivity contribution in [1.29, 1.82) is 0 Å². The van der Waals surface area contributed by atoms with Crippen LogP contribution in [0.3, 0.4) is 0 Å². The van der Waals surface area contributed by atoms with Crippen molar-refractivity contribution in [1.82, 2.24) is 0 Å². The van der Waals surface area contributed by atoms with E-state index in [1.807, 2.05) is 24.3 Å². The maximum atomic E-state index is 11.4.